The van der Waals surface area contributed by atoms with Crippen molar-refractivity contribution < 1.29 is 25.0 Å². The SMILES string of the molecule is CCCCC(CCCC)NC(C)CO.O=[N+]([O-])c1cc([N+](=O)[O-])c(O)c([N+](=O)[O-])c1. The van der Waals surface area contributed by atoms with Crippen LogP contribution in [0.3, 0.4) is 0 Å². The molecule has 3 N–H and O–H groups in total. The van der Waals surface area contributed by atoms with Crippen molar-refractivity contribution in [1.82, 2.24) is 5.32 Å². The fraction of sp³-hybridized carbons (Fsp3) is 0.667. The van der Waals surface area contributed by atoms with Crippen molar-refractivity contribution in [2.24, 2.45) is 0 Å². The van der Waals surface area contributed by atoms with Crippen LogP contribution in [-0.4, -0.2) is 43.7 Å². The number of nitrogens with zero attached hydrogens (tertiary/aromatic N) is 3. The molecule has 0 amide bonds. The van der Waals surface area contributed by atoms with Gasteiger partial charge in [0.15, 0.2) is 0 Å². The summed E-state index contributed by atoms with van der Waals surface area (Å²) >= 11 is 0. The molecule has 0 fully saturated rings. The van der Waals surface area contributed by atoms with Crippen LogP contribution in [0.2, 0.25) is 0 Å². The smallest absolute Gasteiger partial charge is 0.324 e. The molecule has 0 aliphatic heterocycles. The summed E-state index contributed by atoms with van der Waals surface area (Å²) in [6.07, 6.45) is 7.61. The van der Waals surface area contributed by atoms with Crippen LogP contribution in [-0.2, 0) is 0 Å². The number of aromatic hydroxyl groups is 1. The van der Waals surface area contributed by atoms with Gasteiger partial charge in [0.05, 0.1) is 33.5 Å². The van der Waals surface area contributed by atoms with E-state index >= 15 is 0 Å². The van der Waals surface area contributed by atoms with Gasteiger partial charge in [-0.1, -0.05) is 39.5 Å². The normalized spacial score (nSPS) is 11.5. The summed E-state index contributed by atoms with van der Waals surface area (Å²) in [4.78, 5) is 27.8. The highest BCUT2D eigenvalue weighted by Crippen LogP contribution is 2.38. The van der Waals surface area contributed by atoms with Gasteiger partial charge < -0.3 is 15.5 Å². The lowest BCUT2D eigenvalue weighted by Gasteiger charge is -2.22. The number of nitro groups is 3. The third kappa shape index (κ3) is 9.56. The first kappa shape index (κ1) is 27.1. The summed E-state index contributed by atoms with van der Waals surface area (Å²) in [6, 6.07) is 1.75. The Hall–Kier alpha value is -2.86. The van der Waals surface area contributed by atoms with Gasteiger partial charge in [0.25, 0.3) is 11.4 Å². The van der Waals surface area contributed by atoms with Crippen molar-refractivity contribution in [3.8, 4) is 5.75 Å². The van der Waals surface area contributed by atoms with Crippen molar-refractivity contribution in [2.75, 3.05) is 6.61 Å². The zero-order chi connectivity index (χ0) is 23.3. The fourth-order valence-electron chi connectivity index (χ4n) is 2.64. The zero-order valence-corrected chi connectivity index (χ0v) is 17.4. The van der Waals surface area contributed by atoms with Crippen LogP contribution < -0.4 is 5.32 Å². The van der Waals surface area contributed by atoms with Gasteiger partial charge in [-0.25, -0.2) is 0 Å². The Labute approximate surface area is 174 Å². The van der Waals surface area contributed by atoms with Crippen molar-refractivity contribution in [3.05, 3.63) is 42.5 Å². The molecule has 170 valence electrons. The molecule has 0 radical (unpaired) electrons. The average molecular weight is 430 g/mol. The molecule has 30 heavy (non-hydrogen) atoms. The van der Waals surface area contributed by atoms with Crippen LogP contribution in [0.4, 0.5) is 17.1 Å². The van der Waals surface area contributed by atoms with Crippen LogP contribution in [0, 0.1) is 30.3 Å². The number of aliphatic hydroxyl groups is 1. The van der Waals surface area contributed by atoms with Gasteiger partial charge in [-0.15, -0.1) is 0 Å². The molecule has 0 saturated heterocycles. The molecule has 1 aromatic carbocycles. The van der Waals surface area contributed by atoms with E-state index in [0.717, 1.165) is 0 Å². The van der Waals surface area contributed by atoms with Crippen molar-refractivity contribution in [1.29, 1.82) is 0 Å². The van der Waals surface area contributed by atoms with Crippen LogP contribution >= 0.6 is 0 Å². The summed E-state index contributed by atoms with van der Waals surface area (Å²) in [5, 5.41) is 52.7. The number of non-ortho nitro benzene ring substituents is 1. The van der Waals surface area contributed by atoms with Crippen molar-refractivity contribution in [3.63, 3.8) is 0 Å². The first-order chi connectivity index (χ1) is 14.1. The second-order valence-corrected chi connectivity index (χ2v) is 6.84. The molecule has 12 nitrogen and oxygen atoms in total. The lowest BCUT2D eigenvalue weighted by Crippen LogP contribution is -2.38. The molecule has 0 aliphatic carbocycles. The molecule has 12 heteroatoms. The van der Waals surface area contributed by atoms with E-state index in [2.05, 4.69) is 19.2 Å². The minimum absolute atomic E-state index is 0.244. The van der Waals surface area contributed by atoms with Crippen LogP contribution in [0.5, 0.6) is 5.75 Å². The number of unbranched alkanes of at least 4 members (excludes halogenated alkanes) is 2. The predicted molar refractivity (Wildman–Crippen MR) is 111 cm³/mol. The number of hydrogen-bond donors (Lipinski definition) is 3. The summed E-state index contributed by atoms with van der Waals surface area (Å²) in [6.45, 7) is 6.75. The van der Waals surface area contributed by atoms with E-state index in [1.807, 2.05) is 6.92 Å². The lowest BCUT2D eigenvalue weighted by molar-refractivity contribution is -0.404. The van der Waals surface area contributed by atoms with E-state index in [4.69, 9.17) is 10.2 Å². The average Bonchev–Trinajstić information content (AvgIpc) is 2.69. The largest absolute Gasteiger partial charge is 0.497 e. The van der Waals surface area contributed by atoms with Crippen LogP contribution in [0.25, 0.3) is 0 Å². The second-order valence-electron chi connectivity index (χ2n) is 6.84. The van der Waals surface area contributed by atoms with Crippen LogP contribution in [0.1, 0.15) is 59.3 Å². The zero-order valence-electron chi connectivity index (χ0n) is 17.4. The molecule has 0 aromatic heterocycles. The molecule has 1 unspecified atom stereocenters. The first-order valence-electron chi connectivity index (χ1n) is 9.75. The molecule has 0 bridgehead atoms. The maximum absolute atomic E-state index is 10.4. The topological polar surface area (TPSA) is 182 Å². The Bertz CT molecular complexity index is 670. The summed E-state index contributed by atoms with van der Waals surface area (Å²) in [5.41, 5.74) is -3.00. The summed E-state index contributed by atoms with van der Waals surface area (Å²) in [5.74, 6) is -1.21. The van der Waals surface area contributed by atoms with Gasteiger partial charge in [0.2, 0.25) is 0 Å². The standard InChI is InChI=1S/C12H27NO.C6H3N3O7/c1-4-6-8-12(9-7-5-2)13-11(3)10-14;10-6-4(8(13)14)1-3(7(11)12)2-5(6)9(15)16/h11-14H,4-10H2,1-3H3;1-2,10H. The molecular weight excluding hydrogens is 400 g/mol. The number of aliphatic hydroxyl groups excluding tert-OH is 1. The number of rotatable bonds is 12. The van der Waals surface area contributed by atoms with E-state index in [1.165, 1.54) is 38.5 Å². The minimum Gasteiger partial charge on any atom is -0.497 e. The maximum Gasteiger partial charge on any atom is 0.324 e. The number of benzene rings is 1. The van der Waals surface area contributed by atoms with E-state index < -0.39 is 37.6 Å². The number of phenols is 1. The third-order valence-electron chi connectivity index (χ3n) is 4.27. The lowest BCUT2D eigenvalue weighted by atomic mass is 10.0. The highest BCUT2D eigenvalue weighted by molar-refractivity contribution is 5.64. The van der Waals surface area contributed by atoms with E-state index in [-0.39, 0.29) is 12.6 Å². The molecule has 0 aliphatic rings. The van der Waals surface area contributed by atoms with Crippen molar-refractivity contribution >= 4 is 17.1 Å². The van der Waals surface area contributed by atoms with Gasteiger partial charge >= 0.3 is 11.4 Å². The Morgan fingerprint density at radius 2 is 1.37 bits per heavy atom. The quantitative estimate of drug-likeness (QED) is 0.328. The van der Waals surface area contributed by atoms with Gasteiger partial charge in [-0.3, -0.25) is 30.3 Å². The van der Waals surface area contributed by atoms with E-state index in [9.17, 15) is 30.3 Å². The van der Waals surface area contributed by atoms with Gasteiger partial charge in [-0.05, 0) is 19.8 Å². The Morgan fingerprint density at radius 3 is 1.67 bits per heavy atom. The van der Waals surface area contributed by atoms with E-state index in [0.29, 0.717) is 18.2 Å². The Kier molecular flexibility index (Phi) is 12.8. The number of nitrogens with one attached hydrogen (secondary N) is 1. The summed E-state index contributed by atoms with van der Waals surface area (Å²) in [7, 11) is 0. The monoisotopic (exact) mass is 430 g/mol. The Morgan fingerprint density at radius 1 is 0.933 bits per heavy atom. The third-order valence-corrected chi connectivity index (χ3v) is 4.27. The molecule has 0 spiro atoms. The number of phenolic OH excluding ortho intramolecular Hbond substituents is 1. The maximum atomic E-state index is 10.4. The number of nitro benzene ring substituents is 3. The molecule has 0 saturated carbocycles. The van der Waals surface area contributed by atoms with Crippen LogP contribution in [0.15, 0.2) is 12.1 Å². The molecule has 1 aromatic rings. The minimum atomic E-state index is -1.21. The second kappa shape index (κ2) is 14.2. The highest BCUT2D eigenvalue weighted by atomic mass is 16.6. The van der Waals surface area contributed by atoms with Gasteiger partial charge in [0, 0.05) is 12.1 Å². The van der Waals surface area contributed by atoms with Gasteiger partial charge in [0.1, 0.15) is 0 Å². The first-order valence-corrected chi connectivity index (χ1v) is 9.75. The Balaban J connectivity index is 0.000000567. The van der Waals surface area contributed by atoms with Crippen molar-refractivity contribution in [2.45, 2.75) is 71.4 Å². The van der Waals surface area contributed by atoms with Gasteiger partial charge in [-0.2, -0.15) is 0 Å². The fourth-order valence-corrected chi connectivity index (χ4v) is 2.64. The molecular formula is C18H30N4O8. The molecule has 1 atom stereocenters. The summed E-state index contributed by atoms with van der Waals surface area (Å²) < 4.78 is 0. The highest BCUT2D eigenvalue weighted by Gasteiger charge is 2.30. The molecule has 1 rings (SSSR count). The molecule has 0 heterocycles. The predicted octanol–water partition coefficient (Wildman–Crippen LogP) is 3.82. The van der Waals surface area contributed by atoms with E-state index in [1.54, 1.807) is 0 Å². The number of hydrogen-bond acceptors (Lipinski definition) is 9.